The van der Waals surface area contributed by atoms with E-state index in [0.717, 1.165) is 0 Å². The van der Waals surface area contributed by atoms with Crippen LogP contribution in [0.3, 0.4) is 0 Å². The molecule has 0 radical (unpaired) electrons. The van der Waals surface area contributed by atoms with E-state index in [9.17, 15) is 9.90 Å². The molecule has 1 aliphatic rings. The summed E-state index contributed by atoms with van der Waals surface area (Å²) in [5.74, 6) is 0. The largest absolute Gasteiger partial charge is 0.465 e. The van der Waals surface area contributed by atoms with Gasteiger partial charge in [-0.3, -0.25) is 0 Å². The third kappa shape index (κ3) is 2.01. The maximum absolute atomic E-state index is 11.0. The topological polar surface area (TPSA) is 64.0 Å². The van der Waals surface area contributed by atoms with Crippen molar-refractivity contribution in [3.8, 4) is 0 Å². The summed E-state index contributed by atoms with van der Waals surface area (Å²) in [4.78, 5) is 14.2. The second-order valence-corrected chi connectivity index (χ2v) is 5.82. The molecule has 5 nitrogen and oxygen atoms in total. The molecule has 1 rings (SSSR count). The van der Waals surface area contributed by atoms with Crippen molar-refractivity contribution in [2.45, 2.75) is 32.4 Å². The Morgan fingerprint density at radius 1 is 1.44 bits per heavy atom. The molecule has 0 spiro atoms. The van der Waals surface area contributed by atoms with Crippen LogP contribution >= 0.6 is 0 Å². The standard InChI is InChI=1S/C11H22N2O3/c1-10(2,3)11(16)7-13(9(14)15)6-8(11)12(4)5/h8,16H,6-7H2,1-5H3,(H,14,15)/t8-,11-/m0/s1. The fraction of sp³-hybridized carbons (Fsp3) is 0.909. The van der Waals surface area contributed by atoms with Crippen LogP contribution in [-0.4, -0.2) is 64.9 Å². The van der Waals surface area contributed by atoms with Gasteiger partial charge >= 0.3 is 6.09 Å². The molecule has 0 aromatic rings. The normalized spacial score (nSPS) is 31.2. The first kappa shape index (κ1) is 13.3. The van der Waals surface area contributed by atoms with Crippen LogP contribution < -0.4 is 0 Å². The molecule has 1 fully saturated rings. The van der Waals surface area contributed by atoms with Crippen LogP contribution in [0.25, 0.3) is 0 Å². The average molecular weight is 230 g/mol. The van der Waals surface area contributed by atoms with Crippen LogP contribution in [-0.2, 0) is 0 Å². The van der Waals surface area contributed by atoms with Crippen molar-refractivity contribution in [2.24, 2.45) is 5.41 Å². The van der Waals surface area contributed by atoms with Crippen molar-refractivity contribution in [3.05, 3.63) is 0 Å². The molecule has 5 heteroatoms. The Kier molecular flexibility index (Phi) is 3.22. The first-order valence-electron chi connectivity index (χ1n) is 5.46. The van der Waals surface area contributed by atoms with Gasteiger partial charge in [0.2, 0.25) is 0 Å². The Hall–Kier alpha value is -0.810. The molecule has 2 atom stereocenters. The number of amides is 1. The van der Waals surface area contributed by atoms with Gasteiger partial charge in [-0.05, 0) is 19.5 Å². The summed E-state index contributed by atoms with van der Waals surface area (Å²) in [5.41, 5.74) is -1.36. The van der Waals surface area contributed by atoms with Gasteiger partial charge in [0.15, 0.2) is 0 Å². The number of nitrogens with zero attached hydrogens (tertiary/aromatic N) is 2. The highest BCUT2D eigenvalue weighted by Gasteiger charge is 2.54. The van der Waals surface area contributed by atoms with Gasteiger partial charge in [0.1, 0.15) is 5.60 Å². The summed E-state index contributed by atoms with van der Waals surface area (Å²) in [6.07, 6.45) is -0.966. The number of rotatable bonds is 1. The molecule has 1 heterocycles. The van der Waals surface area contributed by atoms with Gasteiger partial charge in [0.25, 0.3) is 0 Å². The van der Waals surface area contributed by atoms with E-state index in [0.29, 0.717) is 6.54 Å². The van der Waals surface area contributed by atoms with E-state index in [1.54, 1.807) is 0 Å². The minimum Gasteiger partial charge on any atom is -0.465 e. The van der Waals surface area contributed by atoms with Gasteiger partial charge in [-0.1, -0.05) is 20.8 Å². The molecule has 94 valence electrons. The lowest BCUT2D eigenvalue weighted by Crippen LogP contribution is -2.57. The molecule has 0 aromatic carbocycles. The van der Waals surface area contributed by atoms with Gasteiger partial charge in [0.05, 0.1) is 12.6 Å². The fourth-order valence-corrected chi connectivity index (χ4v) is 2.29. The first-order valence-corrected chi connectivity index (χ1v) is 5.46. The van der Waals surface area contributed by atoms with Crippen LogP contribution in [0, 0.1) is 5.41 Å². The number of hydrogen-bond acceptors (Lipinski definition) is 3. The van der Waals surface area contributed by atoms with E-state index < -0.39 is 11.7 Å². The second kappa shape index (κ2) is 3.89. The molecule has 1 aliphatic heterocycles. The highest BCUT2D eigenvalue weighted by Crippen LogP contribution is 2.39. The Morgan fingerprint density at radius 2 is 1.94 bits per heavy atom. The lowest BCUT2D eigenvalue weighted by Gasteiger charge is -2.43. The van der Waals surface area contributed by atoms with Crippen LogP contribution in [0.4, 0.5) is 4.79 Å². The van der Waals surface area contributed by atoms with E-state index in [1.807, 2.05) is 39.8 Å². The zero-order valence-corrected chi connectivity index (χ0v) is 10.7. The maximum atomic E-state index is 11.0. The number of carbonyl (C=O) groups is 1. The molecular weight excluding hydrogens is 208 g/mol. The fourth-order valence-electron chi connectivity index (χ4n) is 2.29. The SMILES string of the molecule is CN(C)[C@H]1CN(C(=O)O)C[C@@]1(O)C(C)(C)C. The lowest BCUT2D eigenvalue weighted by molar-refractivity contribution is -0.0851. The summed E-state index contributed by atoms with van der Waals surface area (Å²) in [6.45, 7) is 6.35. The van der Waals surface area contributed by atoms with E-state index in [2.05, 4.69) is 0 Å². The van der Waals surface area contributed by atoms with Crippen LogP contribution in [0.5, 0.6) is 0 Å². The molecule has 1 amide bonds. The van der Waals surface area contributed by atoms with Crippen molar-refractivity contribution in [1.82, 2.24) is 9.80 Å². The number of carboxylic acid groups (broad SMARTS) is 1. The van der Waals surface area contributed by atoms with Crippen molar-refractivity contribution in [2.75, 3.05) is 27.2 Å². The summed E-state index contributed by atoms with van der Waals surface area (Å²) < 4.78 is 0. The zero-order chi connectivity index (χ0) is 12.7. The molecule has 1 saturated heterocycles. The van der Waals surface area contributed by atoms with E-state index >= 15 is 0 Å². The van der Waals surface area contributed by atoms with E-state index in [-0.39, 0.29) is 18.0 Å². The van der Waals surface area contributed by atoms with Gasteiger partial charge in [0, 0.05) is 6.54 Å². The molecule has 0 aliphatic carbocycles. The highest BCUT2D eigenvalue weighted by atomic mass is 16.4. The minimum absolute atomic E-state index is 0.163. The summed E-state index contributed by atoms with van der Waals surface area (Å²) >= 11 is 0. The predicted octanol–water partition coefficient (Wildman–Crippen LogP) is 0.687. The lowest BCUT2D eigenvalue weighted by atomic mass is 9.73. The molecule has 16 heavy (non-hydrogen) atoms. The Balaban J connectivity index is 3.02. The van der Waals surface area contributed by atoms with Crippen molar-refractivity contribution in [1.29, 1.82) is 0 Å². The zero-order valence-electron chi connectivity index (χ0n) is 10.7. The van der Waals surface area contributed by atoms with E-state index in [1.165, 1.54) is 4.90 Å². The average Bonchev–Trinajstić information content (AvgIpc) is 2.43. The maximum Gasteiger partial charge on any atom is 0.407 e. The van der Waals surface area contributed by atoms with Crippen molar-refractivity contribution < 1.29 is 15.0 Å². The Labute approximate surface area is 96.7 Å². The third-order valence-electron chi connectivity index (χ3n) is 3.57. The smallest absolute Gasteiger partial charge is 0.407 e. The van der Waals surface area contributed by atoms with Crippen molar-refractivity contribution in [3.63, 3.8) is 0 Å². The second-order valence-electron chi connectivity index (χ2n) is 5.82. The summed E-state index contributed by atoms with van der Waals surface area (Å²) in [7, 11) is 3.74. The number of hydrogen-bond donors (Lipinski definition) is 2. The van der Waals surface area contributed by atoms with E-state index in [4.69, 9.17) is 5.11 Å². The number of β-amino-alcohol motifs (C(OH)–C–C–N with tert-alkyl or cyclic N) is 1. The monoisotopic (exact) mass is 230 g/mol. The van der Waals surface area contributed by atoms with Gasteiger partial charge in [-0.25, -0.2) is 4.79 Å². The summed E-state index contributed by atoms with van der Waals surface area (Å²) in [6, 6.07) is -0.163. The van der Waals surface area contributed by atoms with Gasteiger partial charge < -0.3 is 20.0 Å². The first-order chi connectivity index (χ1) is 7.09. The summed E-state index contributed by atoms with van der Waals surface area (Å²) in [5, 5.41) is 19.7. The van der Waals surface area contributed by atoms with Gasteiger partial charge in [-0.15, -0.1) is 0 Å². The third-order valence-corrected chi connectivity index (χ3v) is 3.57. The molecule has 0 saturated carbocycles. The number of likely N-dealkylation sites (N-methyl/N-ethyl adjacent to an activating group) is 1. The molecule has 0 bridgehead atoms. The molecular formula is C11H22N2O3. The quantitative estimate of drug-likeness (QED) is 0.695. The van der Waals surface area contributed by atoms with Gasteiger partial charge in [-0.2, -0.15) is 0 Å². The molecule has 2 N–H and O–H groups in total. The number of aliphatic hydroxyl groups is 1. The number of likely N-dealkylation sites (tertiary alicyclic amines) is 1. The van der Waals surface area contributed by atoms with Crippen LogP contribution in [0.2, 0.25) is 0 Å². The Bertz CT molecular complexity index is 285. The van der Waals surface area contributed by atoms with Crippen molar-refractivity contribution >= 4 is 6.09 Å². The van der Waals surface area contributed by atoms with Crippen LogP contribution in [0.1, 0.15) is 20.8 Å². The Morgan fingerprint density at radius 3 is 2.19 bits per heavy atom. The molecule has 0 unspecified atom stereocenters. The predicted molar refractivity (Wildman–Crippen MR) is 61.5 cm³/mol. The highest BCUT2D eigenvalue weighted by molar-refractivity contribution is 5.66. The van der Waals surface area contributed by atoms with Crippen LogP contribution in [0.15, 0.2) is 0 Å². The molecule has 0 aromatic heterocycles. The minimum atomic E-state index is -1.01.